The van der Waals surface area contributed by atoms with Crippen molar-refractivity contribution in [1.82, 2.24) is 10.6 Å². The van der Waals surface area contributed by atoms with E-state index in [4.69, 9.17) is 4.42 Å². The van der Waals surface area contributed by atoms with Gasteiger partial charge in [-0.1, -0.05) is 13.8 Å². The van der Waals surface area contributed by atoms with E-state index in [1.807, 2.05) is 19.9 Å². The lowest BCUT2D eigenvalue weighted by molar-refractivity contribution is 0.0428. The molecule has 22 heavy (non-hydrogen) atoms. The average molecular weight is 421 g/mol. The van der Waals surface area contributed by atoms with Gasteiger partial charge in [0.2, 0.25) is 0 Å². The van der Waals surface area contributed by atoms with Crippen molar-refractivity contribution < 1.29 is 9.52 Å². The molecule has 1 aromatic heterocycles. The van der Waals surface area contributed by atoms with Gasteiger partial charge in [-0.3, -0.25) is 0 Å². The number of aliphatic imine (C=N–C) groups is 1. The fraction of sp³-hybridized carbons (Fsp3) is 0.688. The van der Waals surface area contributed by atoms with Crippen molar-refractivity contribution in [3.63, 3.8) is 0 Å². The van der Waals surface area contributed by atoms with Crippen LogP contribution in [0.2, 0.25) is 0 Å². The van der Waals surface area contributed by atoms with Crippen molar-refractivity contribution in [3.05, 3.63) is 23.7 Å². The van der Waals surface area contributed by atoms with Crippen LogP contribution in [0.25, 0.3) is 0 Å². The van der Waals surface area contributed by atoms with Crippen LogP contribution < -0.4 is 10.6 Å². The van der Waals surface area contributed by atoms with Gasteiger partial charge in [-0.25, -0.2) is 4.99 Å². The molecule has 1 aliphatic carbocycles. The van der Waals surface area contributed by atoms with Crippen LogP contribution >= 0.6 is 24.0 Å². The Labute approximate surface area is 150 Å². The highest BCUT2D eigenvalue weighted by Crippen LogP contribution is 2.44. The first-order valence-corrected chi connectivity index (χ1v) is 7.59. The highest BCUT2D eigenvalue weighted by atomic mass is 127. The van der Waals surface area contributed by atoms with Gasteiger partial charge in [0, 0.05) is 12.6 Å². The molecule has 0 saturated heterocycles. The minimum atomic E-state index is -1.10. The van der Waals surface area contributed by atoms with E-state index in [9.17, 15) is 5.11 Å². The summed E-state index contributed by atoms with van der Waals surface area (Å²) in [7, 11) is 0. The summed E-state index contributed by atoms with van der Waals surface area (Å²) >= 11 is 0. The van der Waals surface area contributed by atoms with Crippen LogP contribution in [0.1, 0.15) is 45.6 Å². The molecule has 0 radical (unpaired) electrons. The average Bonchev–Trinajstić information content (AvgIpc) is 2.78. The van der Waals surface area contributed by atoms with Crippen LogP contribution in [0.4, 0.5) is 0 Å². The SMILES string of the molecule is CCNC(=NCC(C)(O)c1ccc(C)o1)NC1CC1(C)C.I. The molecule has 2 atom stereocenters. The molecule has 1 aliphatic rings. The number of hydrogen-bond donors (Lipinski definition) is 3. The van der Waals surface area contributed by atoms with Crippen molar-refractivity contribution in [2.45, 2.75) is 52.7 Å². The monoisotopic (exact) mass is 421 g/mol. The second kappa shape index (κ2) is 7.21. The van der Waals surface area contributed by atoms with Gasteiger partial charge < -0.3 is 20.2 Å². The standard InChI is InChI=1S/C16H27N3O2.HI/c1-6-17-14(19-12-9-15(12,3)4)18-10-16(5,20)13-8-7-11(2)21-13;/h7-8,12,20H,6,9-10H2,1-5H3,(H2,17,18,19);1H. The number of furan rings is 1. The third-order valence-corrected chi connectivity index (χ3v) is 3.98. The molecule has 2 unspecified atom stereocenters. The van der Waals surface area contributed by atoms with E-state index in [1.165, 1.54) is 0 Å². The Kier molecular flexibility index (Phi) is 6.32. The van der Waals surface area contributed by atoms with Gasteiger partial charge in [-0.15, -0.1) is 24.0 Å². The third-order valence-electron chi connectivity index (χ3n) is 3.98. The van der Waals surface area contributed by atoms with Crippen molar-refractivity contribution in [2.75, 3.05) is 13.1 Å². The summed E-state index contributed by atoms with van der Waals surface area (Å²) in [5.74, 6) is 2.09. The predicted molar refractivity (Wildman–Crippen MR) is 99.7 cm³/mol. The number of halogens is 1. The first kappa shape index (κ1) is 19.3. The van der Waals surface area contributed by atoms with Crippen molar-refractivity contribution in [1.29, 1.82) is 0 Å². The number of nitrogens with one attached hydrogen (secondary N) is 2. The van der Waals surface area contributed by atoms with Gasteiger partial charge in [0.05, 0.1) is 6.54 Å². The first-order valence-electron chi connectivity index (χ1n) is 7.59. The molecule has 0 spiro atoms. The van der Waals surface area contributed by atoms with Gasteiger partial charge in [0.15, 0.2) is 5.96 Å². The van der Waals surface area contributed by atoms with E-state index in [-0.39, 0.29) is 30.5 Å². The lowest BCUT2D eigenvalue weighted by Gasteiger charge is -2.20. The summed E-state index contributed by atoms with van der Waals surface area (Å²) in [4.78, 5) is 4.50. The van der Waals surface area contributed by atoms with Gasteiger partial charge >= 0.3 is 0 Å². The Morgan fingerprint density at radius 3 is 2.59 bits per heavy atom. The second-order valence-corrected chi connectivity index (χ2v) is 6.77. The molecule has 3 N–H and O–H groups in total. The van der Waals surface area contributed by atoms with E-state index in [0.29, 0.717) is 17.2 Å². The number of aliphatic hydroxyl groups is 1. The molecule has 1 fully saturated rings. The van der Waals surface area contributed by atoms with Crippen LogP contribution in [0.5, 0.6) is 0 Å². The Hall–Kier alpha value is -0.760. The van der Waals surface area contributed by atoms with Gasteiger partial charge in [0.1, 0.15) is 17.1 Å². The maximum absolute atomic E-state index is 10.5. The molecule has 126 valence electrons. The molecular formula is C16H28IN3O2. The Morgan fingerprint density at radius 1 is 1.50 bits per heavy atom. The van der Waals surface area contributed by atoms with Crippen LogP contribution in [0.15, 0.2) is 21.5 Å². The normalized spacial score (nSPS) is 22.5. The summed E-state index contributed by atoms with van der Waals surface area (Å²) in [6.45, 7) is 11.1. The highest BCUT2D eigenvalue weighted by Gasteiger charge is 2.46. The van der Waals surface area contributed by atoms with E-state index >= 15 is 0 Å². The molecule has 0 amide bonds. The summed E-state index contributed by atoms with van der Waals surface area (Å²) in [5, 5.41) is 17.1. The fourth-order valence-corrected chi connectivity index (χ4v) is 2.23. The minimum Gasteiger partial charge on any atom is -0.463 e. The van der Waals surface area contributed by atoms with E-state index in [1.54, 1.807) is 13.0 Å². The molecular weight excluding hydrogens is 393 g/mol. The quantitative estimate of drug-likeness (QED) is 0.389. The molecule has 2 rings (SSSR count). The van der Waals surface area contributed by atoms with Crippen molar-refractivity contribution in [2.24, 2.45) is 10.4 Å². The second-order valence-electron chi connectivity index (χ2n) is 6.77. The molecule has 5 nitrogen and oxygen atoms in total. The van der Waals surface area contributed by atoms with Gasteiger partial charge in [-0.05, 0) is 44.7 Å². The van der Waals surface area contributed by atoms with Crippen LogP contribution in [-0.2, 0) is 5.60 Å². The van der Waals surface area contributed by atoms with Crippen molar-refractivity contribution >= 4 is 29.9 Å². The number of aryl methyl sites for hydroxylation is 1. The van der Waals surface area contributed by atoms with Crippen LogP contribution in [0.3, 0.4) is 0 Å². The summed E-state index contributed by atoms with van der Waals surface area (Å²) < 4.78 is 5.51. The van der Waals surface area contributed by atoms with E-state index in [2.05, 4.69) is 29.5 Å². The maximum atomic E-state index is 10.5. The smallest absolute Gasteiger partial charge is 0.191 e. The minimum absolute atomic E-state index is 0. The van der Waals surface area contributed by atoms with Crippen molar-refractivity contribution in [3.8, 4) is 0 Å². The highest BCUT2D eigenvalue weighted by molar-refractivity contribution is 14.0. The zero-order valence-corrected chi connectivity index (χ0v) is 16.4. The lowest BCUT2D eigenvalue weighted by atomic mass is 10.0. The number of nitrogens with zero attached hydrogens (tertiary/aromatic N) is 1. The summed E-state index contributed by atoms with van der Waals surface area (Å²) in [6, 6.07) is 4.10. The Balaban J connectivity index is 0.00000242. The van der Waals surface area contributed by atoms with Crippen LogP contribution in [-0.4, -0.2) is 30.2 Å². The zero-order valence-electron chi connectivity index (χ0n) is 14.1. The van der Waals surface area contributed by atoms with E-state index < -0.39 is 5.60 Å². The molecule has 6 heteroatoms. The maximum Gasteiger partial charge on any atom is 0.191 e. The van der Waals surface area contributed by atoms with E-state index in [0.717, 1.165) is 24.7 Å². The third kappa shape index (κ3) is 4.87. The number of rotatable bonds is 5. The number of hydrogen-bond acceptors (Lipinski definition) is 3. The van der Waals surface area contributed by atoms with Gasteiger partial charge in [0.25, 0.3) is 0 Å². The summed E-state index contributed by atoms with van der Waals surface area (Å²) in [6.07, 6.45) is 1.14. The number of guanidine groups is 1. The topological polar surface area (TPSA) is 69.8 Å². The molecule has 1 saturated carbocycles. The molecule has 0 bridgehead atoms. The largest absolute Gasteiger partial charge is 0.463 e. The van der Waals surface area contributed by atoms with Gasteiger partial charge in [-0.2, -0.15) is 0 Å². The van der Waals surface area contributed by atoms with Crippen LogP contribution in [0, 0.1) is 12.3 Å². The predicted octanol–water partition coefficient (Wildman–Crippen LogP) is 2.77. The first-order chi connectivity index (χ1) is 9.74. The lowest BCUT2D eigenvalue weighted by Crippen LogP contribution is -2.41. The Morgan fingerprint density at radius 2 is 2.14 bits per heavy atom. The summed E-state index contributed by atoms with van der Waals surface area (Å²) in [5.41, 5.74) is -0.771. The molecule has 1 heterocycles. The molecule has 1 aromatic rings. The fourth-order valence-electron chi connectivity index (χ4n) is 2.23. The Bertz CT molecular complexity index is 523. The zero-order chi connectivity index (χ0) is 15.7. The molecule has 0 aliphatic heterocycles. The molecule has 0 aromatic carbocycles.